The van der Waals surface area contributed by atoms with Crippen molar-refractivity contribution in [3.8, 4) is 0 Å². The van der Waals surface area contributed by atoms with Gasteiger partial charge in [0, 0.05) is 24.9 Å². The van der Waals surface area contributed by atoms with Gasteiger partial charge < -0.3 is 10.1 Å². The Bertz CT molecular complexity index is 625. The van der Waals surface area contributed by atoms with Crippen LogP contribution in [0.3, 0.4) is 0 Å². The van der Waals surface area contributed by atoms with E-state index in [0.717, 1.165) is 19.9 Å². The molecule has 1 aromatic carbocycles. The molecule has 21 heavy (non-hydrogen) atoms. The van der Waals surface area contributed by atoms with Crippen molar-refractivity contribution >= 4 is 50.5 Å². The first kappa shape index (κ1) is 16.3. The van der Waals surface area contributed by atoms with Gasteiger partial charge in [0.25, 0.3) is 0 Å². The fourth-order valence-corrected chi connectivity index (χ4v) is 3.63. The van der Waals surface area contributed by atoms with Crippen LogP contribution in [0.4, 0.5) is 5.69 Å². The van der Waals surface area contributed by atoms with Crippen LogP contribution < -0.4 is 5.32 Å². The molecule has 0 saturated heterocycles. The van der Waals surface area contributed by atoms with E-state index in [-0.39, 0.29) is 5.97 Å². The van der Waals surface area contributed by atoms with Gasteiger partial charge in [0.2, 0.25) is 0 Å². The van der Waals surface area contributed by atoms with E-state index < -0.39 is 6.04 Å². The summed E-state index contributed by atoms with van der Waals surface area (Å²) >= 11 is 11.0. The first-order chi connectivity index (χ1) is 10.0. The number of hydrogen-bond donors (Lipinski definition) is 1. The third-order valence-electron chi connectivity index (χ3n) is 2.82. The quantitative estimate of drug-likeness (QED) is 0.716. The summed E-state index contributed by atoms with van der Waals surface area (Å²) in [5.41, 5.74) is 0.780. The lowest BCUT2D eigenvalue weighted by Gasteiger charge is -2.17. The monoisotopic (exact) mass is 387 g/mol. The van der Waals surface area contributed by atoms with E-state index in [9.17, 15) is 4.79 Å². The van der Waals surface area contributed by atoms with Crippen molar-refractivity contribution in [3.63, 3.8) is 0 Å². The highest BCUT2D eigenvalue weighted by Crippen LogP contribution is 2.33. The summed E-state index contributed by atoms with van der Waals surface area (Å²) in [5, 5.41) is 3.81. The largest absolute Gasteiger partial charge is 0.464 e. The fourth-order valence-electron chi connectivity index (χ4n) is 1.84. The molecule has 1 heterocycles. The molecule has 0 radical (unpaired) electrons. The maximum atomic E-state index is 12.2. The SMILES string of the molecule is CCOC(=O)C(Nc1cccc(Cl)c1)c1cc(Br)c(C)s1. The number of aryl methyl sites for hydroxylation is 1. The molecule has 112 valence electrons. The summed E-state index contributed by atoms with van der Waals surface area (Å²) in [6.45, 7) is 4.14. The van der Waals surface area contributed by atoms with Crippen LogP contribution in [-0.4, -0.2) is 12.6 Å². The summed E-state index contributed by atoms with van der Waals surface area (Å²) in [4.78, 5) is 14.2. The Kier molecular flexibility index (Phi) is 5.67. The van der Waals surface area contributed by atoms with E-state index >= 15 is 0 Å². The second kappa shape index (κ2) is 7.29. The molecule has 3 nitrogen and oxygen atoms in total. The Labute approximate surface area is 141 Å². The van der Waals surface area contributed by atoms with Crippen LogP contribution >= 0.6 is 38.9 Å². The molecule has 0 fully saturated rings. The van der Waals surface area contributed by atoms with Crippen LogP contribution in [0.5, 0.6) is 0 Å². The van der Waals surface area contributed by atoms with Gasteiger partial charge in [0.15, 0.2) is 6.04 Å². The van der Waals surface area contributed by atoms with E-state index in [1.165, 1.54) is 0 Å². The fraction of sp³-hybridized carbons (Fsp3) is 0.267. The zero-order valence-electron chi connectivity index (χ0n) is 11.7. The minimum Gasteiger partial charge on any atom is -0.464 e. The molecule has 0 spiro atoms. The predicted octanol–water partition coefficient (Wildman–Crippen LogP) is 5.19. The van der Waals surface area contributed by atoms with Gasteiger partial charge in [0.1, 0.15) is 0 Å². The first-order valence-corrected chi connectivity index (χ1v) is 8.44. The molecule has 6 heteroatoms. The highest BCUT2D eigenvalue weighted by molar-refractivity contribution is 9.10. The van der Waals surface area contributed by atoms with Crippen molar-refractivity contribution in [1.29, 1.82) is 0 Å². The molecule has 1 atom stereocenters. The minimum atomic E-state index is -0.543. The average Bonchev–Trinajstić information content (AvgIpc) is 2.76. The molecule has 0 bridgehead atoms. The van der Waals surface area contributed by atoms with Gasteiger partial charge in [-0.25, -0.2) is 4.79 Å². The number of benzene rings is 1. The number of hydrogen-bond acceptors (Lipinski definition) is 4. The maximum Gasteiger partial charge on any atom is 0.334 e. The third kappa shape index (κ3) is 4.22. The second-order valence-electron chi connectivity index (χ2n) is 4.39. The molecule has 1 N–H and O–H groups in total. The molecule has 0 amide bonds. The van der Waals surface area contributed by atoms with Crippen LogP contribution in [0.1, 0.15) is 22.7 Å². The zero-order valence-corrected chi connectivity index (χ0v) is 14.8. The van der Waals surface area contributed by atoms with E-state index in [4.69, 9.17) is 16.3 Å². The average molecular weight is 389 g/mol. The van der Waals surface area contributed by atoms with Crippen molar-refractivity contribution in [2.75, 3.05) is 11.9 Å². The second-order valence-corrected chi connectivity index (χ2v) is 6.97. The van der Waals surface area contributed by atoms with Crippen LogP contribution in [0, 0.1) is 6.92 Å². The van der Waals surface area contributed by atoms with E-state index in [1.54, 1.807) is 30.4 Å². The van der Waals surface area contributed by atoms with Crippen molar-refractivity contribution < 1.29 is 9.53 Å². The highest BCUT2D eigenvalue weighted by atomic mass is 79.9. The molecule has 0 aliphatic rings. The third-order valence-corrected chi connectivity index (χ3v) is 5.26. The van der Waals surface area contributed by atoms with E-state index in [0.29, 0.717) is 11.6 Å². The number of ether oxygens (including phenoxy) is 1. The van der Waals surface area contributed by atoms with Gasteiger partial charge in [0.05, 0.1) is 6.61 Å². The van der Waals surface area contributed by atoms with Crippen LogP contribution in [-0.2, 0) is 9.53 Å². The van der Waals surface area contributed by atoms with Gasteiger partial charge in [-0.3, -0.25) is 0 Å². The zero-order chi connectivity index (χ0) is 15.4. The summed E-state index contributed by atoms with van der Waals surface area (Å²) in [6.07, 6.45) is 0. The van der Waals surface area contributed by atoms with Crippen LogP contribution in [0.2, 0.25) is 5.02 Å². The molecule has 2 aromatic rings. The molecule has 0 aliphatic heterocycles. The lowest BCUT2D eigenvalue weighted by Crippen LogP contribution is -2.22. The Balaban J connectivity index is 2.30. The molecular formula is C15H15BrClNO2S. The van der Waals surface area contributed by atoms with E-state index in [1.807, 2.05) is 25.1 Å². The molecular weight excluding hydrogens is 374 g/mol. The lowest BCUT2D eigenvalue weighted by atomic mass is 10.2. The first-order valence-electron chi connectivity index (χ1n) is 6.45. The number of halogens is 2. The Morgan fingerprint density at radius 2 is 2.24 bits per heavy atom. The normalized spacial score (nSPS) is 12.0. The van der Waals surface area contributed by atoms with Gasteiger partial charge in [-0.2, -0.15) is 0 Å². The summed E-state index contributed by atoms with van der Waals surface area (Å²) in [7, 11) is 0. The number of esters is 1. The van der Waals surface area contributed by atoms with Crippen LogP contribution in [0.25, 0.3) is 0 Å². The van der Waals surface area contributed by atoms with Gasteiger partial charge in [-0.15, -0.1) is 11.3 Å². The number of carbonyl (C=O) groups is 1. The maximum absolute atomic E-state index is 12.2. The van der Waals surface area contributed by atoms with Gasteiger partial charge in [-0.1, -0.05) is 17.7 Å². The van der Waals surface area contributed by atoms with Gasteiger partial charge >= 0.3 is 5.97 Å². The van der Waals surface area contributed by atoms with Crippen LogP contribution in [0.15, 0.2) is 34.8 Å². The predicted molar refractivity (Wildman–Crippen MR) is 91.2 cm³/mol. The number of carbonyl (C=O) groups excluding carboxylic acids is 1. The highest BCUT2D eigenvalue weighted by Gasteiger charge is 2.24. The molecule has 1 aromatic heterocycles. The summed E-state index contributed by atoms with van der Waals surface area (Å²) in [5.74, 6) is -0.300. The van der Waals surface area contributed by atoms with Crippen molar-refractivity contribution in [1.82, 2.24) is 0 Å². The Morgan fingerprint density at radius 3 is 2.81 bits per heavy atom. The smallest absolute Gasteiger partial charge is 0.334 e. The minimum absolute atomic E-state index is 0.300. The molecule has 1 unspecified atom stereocenters. The number of nitrogens with one attached hydrogen (secondary N) is 1. The van der Waals surface area contributed by atoms with Crippen molar-refractivity contribution in [3.05, 3.63) is 49.6 Å². The Morgan fingerprint density at radius 1 is 1.48 bits per heavy atom. The van der Waals surface area contributed by atoms with Crippen molar-refractivity contribution in [2.45, 2.75) is 19.9 Å². The molecule has 0 aliphatic carbocycles. The molecule has 2 rings (SSSR count). The number of anilines is 1. The summed E-state index contributed by atoms with van der Waals surface area (Å²) in [6, 6.07) is 8.68. The van der Waals surface area contributed by atoms with Gasteiger partial charge in [-0.05, 0) is 54.0 Å². The van der Waals surface area contributed by atoms with Crippen molar-refractivity contribution in [2.24, 2.45) is 0 Å². The molecule has 0 saturated carbocycles. The topological polar surface area (TPSA) is 38.3 Å². The van der Waals surface area contributed by atoms with E-state index in [2.05, 4.69) is 21.2 Å². The standard InChI is InChI=1S/C15H15BrClNO2S/c1-3-20-15(19)14(13-8-12(16)9(2)21-13)18-11-6-4-5-10(17)7-11/h4-8,14,18H,3H2,1-2H3. The number of thiophene rings is 1. The summed E-state index contributed by atoms with van der Waals surface area (Å²) < 4.78 is 6.16. The Hall–Kier alpha value is -1.04. The number of rotatable bonds is 5. The lowest BCUT2D eigenvalue weighted by molar-refractivity contribution is -0.144.